The number of halogens is 3. The fourth-order valence-corrected chi connectivity index (χ4v) is 1.26. The van der Waals surface area contributed by atoms with Gasteiger partial charge in [0.2, 0.25) is 0 Å². The van der Waals surface area contributed by atoms with Gasteiger partial charge in [-0.1, -0.05) is 0 Å². The van der Waals surface area contributed by atoms with Crippen LogP contribution in [0.15, 0.2) is 18.3 Å². The van der Waals surface area contributed by atoms with E-state index < -0.39 is 18.1 Å². The summed E-state index contributed by atoms with van der Waals surface area (Å²) in [5.74, 6) is -3.74. The molecular weight excluding hydrogens is 253 g/mol. The van der Waals surface area contributed by atoms with Crippen molar-refractivity contribution < 1.29 is 27.9 Å². The molecule has 0 radical (unpaired) electrons. The fourth-order valence-electron chi connectivity index (χ4n) is 1.26. The first kappa shape index (κ1) is 13.9. The topological polar surface area (TPSA) is 70.5 Å². The molecule has 0 fully saturated rings. The van der Waals surface area contributed by atoms with E-state index in [9.17, 15) is 22.8 Å². The molecule has 1 heterocycles. The molecule has 0 aliphatic heterocycles. The predicted molar refractivity (Wildman–Crippen MR) is 55.3 cm³/mol. The predicted octanol–water partition coefficient (Wildman–Crippen LogP) is 1.70. The Balaban J connectivity index is 3.14. The zero-order chi connectivity index (χ0) is 13.9. The number of carboxylic acid groups (broad SMARTS) is 1. The molecule has 8 heteroatoms. The van der Waals surface area contributed by atoms with Crippen molar-refractivity contribution in [2.45, 2.75) is 13.1 Å². The number of carboxylic acids is 1. The van der Waals surface area contributed by atoms with E-state index in [1.54, 1.807) is 0 Å². The first-order chi connectivity index (χ1) is 8.27. The molecule has 1 aromatic heterocycles. The van der Waals surface area contributed by atoms with Crippen LogP contribution in [0.2, 0.25) is 0 Å². The van der Waals surface area contributed by atoms with Crippen LogP contribution in [0.4, 0.5) is 19.0 Å². The maximum absolute atomic E-state index is 12.3. The number of hydrogen-bond acceptors (Lipinski definition) is 3. The maximum Gasteiger partial charge on any atom is 0.471 e. The summed E-state index contributed by atoms with van der Waals surface area (Å²) in [4.78, 5) is 25.7. The van der Waals surface area contributed by atoms with Crippen LogP contribution in [0.5, 0.6) is 0 Å². The molecule has 1 N–H and O–H groups in total. The molecule has 1 aromatic rings. The van der Waals surface area contributed by atoms with Crippen LogP contribution in [-0.2, 0) is 4.79 Å². The van der Waals surface area contributed by atoms with Crippen molar-refractivity contribution in [3.63, 3.8) is 0 Å². The number of rotatable bonds is 3. The number of pyridine rings is 1. The number of alkyl halides is 3. The number of carbonyl (C=O) groups excluding carboxylic acids is 1. The lowest BCUT2D eigenvalue weighted by atomic mass is 10.2. The fraction of sp³-hybridized carbons (Fsp3) is 0.300. The summed E-state index contributed by atoms with van der Waals surface area (Å²) in [5, 5.41) is 8.71. The molecule has 0 aliphatic rings. The highest BCUT2D eigenvalue weighted by Crippen LogP contribution is 2.22. The van der Waals surface area contributed by atoms with Gasteiger partial charge in [0, 0.05) is 12.7 Å². The first-order valence-corrected chi connectivity index (χ1v) is 4.85. The summed E-state index contributed by atoms with van der Waals surface area (Å²) < 4.78 is 36.9. The Hall–Kier alpha value is -2.12. The molecular formula is C10H9F3N2O3. The monoisotopic (exact) mass is 262 g/mol. The third-order valence-electron chi connectivity index (χ3n) is 2.07. The number of amides is 1. The van der Waals surface area contributed by atoms with Crippen molar-refractivity contribution in [3.05, 3.63) is 23.9 Å². The highest BCUT2D eigenvalue weighted by atomic mass is 19.4. The van der Waals surface area contributed by atoms with E-state index in [2.05, 4.69) is 4.98 Å². The van der Waals surface area contributed by atoms with E-state index in [1.807, 2.05) is 0 Å². The number of aromatic nitrogens is 1. The van der Waals surface area contributed by atoms with Gasteiger partial charge in [0.1, 0.15) is 5.82 Å². The van der Waals surface area contributed by atoms with E-state index in [-0.39, 0.29) is 17.9 Å². The lowest BCUT2D eigenvalue weighted by molar-refractivity contribution is -0.170. The molecule has 98 valence electrons. The van der Waals surface area contributed by atoms with Gasteiger partial charge in [-0.15, -0.1) is 0 Å². The third-order valence-corrected chi connectivity index (χ3v) is 2.07. The minimum Gasteiger partial charge on any atom is -0.478 e. The van der Waals surface area contributed by atoms with Crippen molar-refractivity contribution in [3.8, 4) is 0 Å². The van der Waals surface area contributed by atoms with Crippen molar-refractivity contribution in [1.29, 1.82) is 0 Å². The highest BCUT2D eigenvalue weighted by Gasteiger charge is 2.43. The lowest BCUT2D eigenvalue weighted by Gasteiger charge is -2.21. The molecule has 0 saturated carbocycles. The Kier molecular flexibility index (Phi) is 3.89. The van der Waals surface area contributed by atoms with Gasteiger partial charge in [-0.25, -0.2) is 9.78 Å². The maximum atomic E-state index is 12.3. The number of nitrogens with zero attached hydrogens (tertiary/aromatic N) is 2. The van der Waals surface area contributed by atoms with E-state index in [0.29, 0.717) is 4.90 Å². The smallest absolute Gasteiger partial charge is 0.471 e. The molecule has 0 atom stereocenters. The van der Waals surface area contributed by atoms with Crippen LogP contribution in [-0.4, -0.2) is 34.7 Å². The van der Waals surface area contributed by atoms with Crippen LogP contribution < -0.4 is 4.90 Å². The van der Waals surface area contributed by atoms with Gasteiger partial charge in [-0.05, 0) is 19.1 Å². The minimum absolute atomic E-state index is 0.242. The second-order valence-corrected chi connectivity index (χ2v) is 3.26. The largest absolute Gasteiger partial charge is 0.478 e. The number of anilines is 1. The van der Waals surface area contributed by atoms with Crippen molar-refractivity contribution >= 4 is 17.7 Å². The quantitative estimate of drug-likeness (QED) is 0.899. The Bertz CT molecular complexity index is 474. The van der Waals surface area contributed by atoms with Gasteiger partial charge < -0.3 is 5.11 Å². The normalized spacial score (nSPS) is 11.1. The van der Waals surface area contributed by atoms with E-state index >= 15 is 0 Å². The van der Waals surface area contributed by atoms with Crippen LogP contribution in [0.3, 0.4) is 0 Å². The van der Waals surface area contributed by atoms with Gasteiger partial charge in [-0.2, -0.15) is 13.2 Å². The highest BCUT2D eigenvalue weighted by molar-refractivity contribution is 5.97. The zero-order valence-electron chi connectivity index (χ0n) is 9.23. The Labute approximate surface area is 99.8 Å². The van der Waals surface area contributed by atoms with Crippen LogP contribution in [0.25, 0.3) is 0 Å². The summed E-state index contributed by atoms with van der Waals surface area (Å²) in [6.07, 6.45) is -4.00. The SMILES string of the molecule is CCN(C(=O)C(F)(F)F)c1cc(C(=O)O)ccn1. The van der Waals surface area contributed by atoms with E-state index in [1.165, 1.54) is 6.92 Å². The van der Waals surface area contributed by atoms with Gasteiger partial charge in [0.25, 0.3) is 0 Å². The summed E-state index contributed by atoms with van der Waals surface area (Å²) in [6.45, 7) is 1.06. The number of carbonyl (C=O) groups is 2. The Morgan fingerprint density at radius 2 is 2.06 bits per heavy atom. The molecule has 1 amide bonds. The van der Waals surface area contributed by atoms with Crippen LogP contribution in [0.1, 0.15) is 17.3 Å². The minimum atomic E-state index is -5.03. The molecule has 0 aromatic carbocycles. The Morgan fingerprint density at radius 1 is 1.44 bits per heavy atom. The molecule has 0 spiro atoms. The average Bonchev–Trinajstić information content (AvgIpc) is 2.29. The molecule has 1 rings (SSSR count). The Morgan fingerprint density at radius 3 is 2.50 bits per heavy atom. The zero-order valence-corrected chi connectivity index (χ0v) is 9.23. The van der Waals surface area contributed by atoms with Crippen LogP contribution >= 0.6 is 0 Å². The second kappa shape index (κ2) is 5.03. The number of aromatic carboxylic acids is 1. The van der Waals surface area contributed by atoms with Crippen molar-refractivity contribution in [1.82, 2.24) is 4.98 Å². The third kappa shape index (κ3) is 2.96. The molecule has 0 unspecified atom stereocenters. The van der Waals surface area contributed by atoms with Crippen LogP contribution in [0, 0.1) is 0 Å². The van der Waals surface area contributed by atoms with Crippen molar-refractivity contribution in [2.24, 2.45) is 0 Å². The van der Waals surface area contributed by atoms with Gasteiger partial charge in [0.05, 0.1) is 5.56 Å². The summed E-state index contributed by atoms with van der Waals surface area (Å²) >= 11 is 0. The standard InChI is InChI=1S/C10H9F3N2O3/c1-2-15(9(18)10(11,12)13)7-5-6(8(16)17)3-4-14-7/h3-5H,2H2,1H3,(H,16,17). The van der Waals surface area contributed by atoms with E-state index in [4.69, 9.17) is 5.11 Å². The molecule has 18 heavy (non-hydrogen) atoms. The molecule has 0 saturated heterocycles. The molecule has 0 bridgehead atoms. The van der Waals surface area contributed by atoms with Crippen molar-refractivity contribution in [2.75, 3.05) is 11.4 Å². The molecule has 0 aliphatic carbocycles. The van der Waals surface area contributed by atoms with Gasteiger partial charge >= 0.3 is 18.1 Å². The summed E-state index contributed by atoms with van der Waals surface area (Å²) in [5.41, 5.74) is -0.242. The van der Waals surface area contributed by atoms with Gasteiger partial charge in [-0.3, -0.25) is 9.69 Å². The van der Waals surface area contributed by atoms with E-state index in [0.717, 1.165) is 18.3 Å². The summed E-state index contributed by atoms with van der Waals surface area (Å²) in [7, 11) is 0. The summed E-state index contributed by atoms with van der Waals surface area (Å²) in [6, 6.07) is 2.03. The first-order valence-electron chi connectivity index (χ1n) is 4.85. The average molecular weight is 262 g/mol. The lowest BCUT2D eigenvalue weighted by Crippen LogP contribution is -2.41. The van der Waals surface area contributed by atoms with Gasteiger partial charge in [0.15, 0.2) is 0 Å². The molecule has 5 nitrogen and oxygen atoms in total. The number of hydrogen-bond donors (Lipinski definition) is 1. The second-order valence-electron chi connectivity index (χ2n) is 3.26.